The fourth-order valence-corrected chi connectivity index (χ4v) is 7.32. The van der Waals surface area contributed by atoms with Crippen LogP contribution in [-0.2, 0) is 24.0 Å². The molecule has 3 unspecified atom stereocenters. The quantitative estimate of drug-likeness (QED) is 0.0909. The Morgan fingerprint density at radius 3 is 2.44 bits per heavy atom. The van der Waals surface area contributed by atoms with Gasteiger partial charge in [0.05, 0.1) is 35.0 Å². The SMILES string of the molecule is C[C@@H]1CN(NC(=O)c2ccc(O)c(O)c2Cl)C(=O)N1C1(C(=O)O)SC2CC(=O)N2C1NC(=O)C=NOC1(C(=O)O)CCC1. The van der Waals surface area contributed by atoms with Crippen molar-refractivity contribution in [1.29, 1.82) is 0 Å². The number of carboxylic acid groups (broad SMARTS) is 2. The minimum absolute atomic E-state index is 0.0515. The molecule has 5 rings (SSSR count). The average molecular weight is 641 g/mol. The zero-order valence-corrected chi connectivity index (χ0v) is 23.8. The van der Waals surface area contributed by atoms with Gasteiger partial charge in [0.2, 0.25) is 16.4 Å². The number of carboxylic acids is 2. The molecule has 3 aliphatic heterocycles. The van der Waals surface area contributed by atoms with Crippen LogP contribution in [0.1, 0.15) is 43.0 Å². The van der Waals surface area contributed by atoms with Crippen molar-refractivity contribution in [3.8, 4) is 11.5 Å². The summed E-state index contributed by atoms with van der Waals surface area (Å²) in [5.41, 5.74) is 0.464. The van der Waals surface area contributed by atoms with Gasteiger partial charge >= 0.3 is 18.0 Å². The average Bonchev–Trinajstić information content (AvgIpc) is 3.32. The number of nitrogens with zero attached hydrogens (tertiary/aromatic N) is 4. The molecule has 4 fully saturated rings. The van der Waals surface area contributed by atoms with E-state index in [1.165, 1.54) is 6.92 Å². The molecule has 1 aromatic rings. The van der Waals surface area contributed by atoms with Crippen LogP contribution in [0.25, 0.3) is 0 Å². The zero-order valence-electron chi connectivity index (χ0n) is 22.2. The lowest BCUT2D eigenvalue weighted by Crippen LogP contribution is -2.70. The number of amides is 5. The first-order chi connectivity index (χ1) is 20.2. The third-order valence-corrected chi connectivity index (χ3v) is 9.71. The highest BCUT2D eigenvalue weighted by Crippen LogP contribution is 2.53. The van der Waals surface area contributed by atoms with Gasteiger partial charge in [0.1, 0.15) is 12.4 Å². The normalized spacial score (nSPS) is 27.4. The molecule has 4 aliphatic rings. The van der Waals surface area contributed by atoms with Crippen LogP contribution in [0.15, 0.2) is 17.3 Å². The molecule has 1 aromatic carbocycles. The molecule has 1 aliphatic carbocycles. The molecule has 0 bridgehead atoms. The summed E-state index contributed by atoms with van der Waals surface area (Å²) in [4.78, 5) is 81.2. The number of rotatable bonds is 9. The Morgan fingerprint density at radius 1 is 1.16 bits per heavy atom. The van der Waals surface area contributed by atoms with Crippen molar-refractivity contribution in [2.75, 3.05) is 6.54 Å². The first kappa shape index (κ1) is 30.0. The number of carbonyl (C=O) groups excluding carboxylic acids is 4. The van der Waals surface area contributed by atoms with Crippen molar-refractivity contribution >= 4 is 65.3 Å². The molecule has 4 atom stereocenters. The number of urea groups is 1. The molecule has 230 valence electrons. The highest BCUT2D eigenvalue weighted by Gasteiger charge is 2.70. The Labute approximate surface area is 251 Å². The van der Waals surface area contributed by atoms with Crippen LogP contribution in [0.5, 0.6) is 11.5 Å². The number of β-lactam (4-membered cyclic amide) rings is 1. The molecule has 19 heteroatoms. The Kier molecular flexibility index (Phi) is 7.45. The minimum atomic E-state index is -2.25. The number of thioether (sulfide) groups is 1. The highest BCUT2D eigenvalue weighted by molar-refractivity contribution is 8.02. The summed E-state index contributed by atoms with van der Waals surface area (Å²) in [6.45, 7) is 1.29. The molecule has 0 aromatic heterocycles. The van der Waals surface area contributed by atoms with Gasteiger partial charge in [-0.3, -0.25) is 24.7 Å². The number of carbonyl (C=O) groups is 6. The van der Waals surface area contributed by atoms with Crippen molar-refractivity contribution in [2.45, 2.75) is 60.7 Å². The predicted molar refractivity (Wildman–Crippen MR) is 145 cm³/mol. The van der Waals surface area contributed by atoms with Crippen LogP contribution in [-0.4, -0.2) is 112 Å². The van der Waals surface area contributed by atoms with Crippen LogP contribution in [0.2, 0.25) is 5.02 Å². The van der Waals surface area contributed by atoms with Crippen LogP contribution in [0.4, 0.5) is 4.79 Å². The van der Waals surface area contributed by atoms with Crippen LogP contribution in [0, 0.1) is 0 Å². The Bertz CT molecular complexity index is 1470. The molecule has 0 spiro atoms. The number of phenols is 2. The van der Waals surface area contributed by atoms with E-state index < -0.39 is 80.3 Å². The third kappa shape index (κ3) is 4.69. The minimum Gasteiger partial charge on any atom is -0.504 e. The van der Waals surface area contributed by atoms with Crippen LogP contribution in [0.3, 0.4) is 0 Å². The van der Waals surface area contributed by atoms with Crippen molar-refractivity contribution in [2.24, 2.45) is 5.16 Å². The molecule has 3 heterocycles. The van der Waals surface area contributed by atoms with Crippen molar-refractivity contribution in [3.05, 3.63) is 22.7 Å². The Morgan fingerprint density at radius 2 is 1.86 bits per heavy atom. The maximum absolute atomic E-state index is 13.6. The maximum atomic E-state index is 13.6. The molecular weight excluding hydrogens is 616 g/mol. The summed E-state index contributed by atoms with van der Waals surface area (Å²) < 4.78 is 0. The summed E-state index contributed by atoms with van der Waals surface area (Å²) in [6.07, 6.45) is -0.0381. The molecule has 1 saturated carbocycles. The fourth-order valence-electron chi connectivity index (χ4n) is 5.30. The third-order valence-electron chi connectivity index (χ3n) is 7.70. The van der Waals surface area contributed by atoms with Gasteiger partial charge in [0.25, 0.3) is 11.8 Å². The number of oxime groups is 1. The van der Waals surface area contributed by atoms with E-state index >= 15 is 0 Å². The van der Waals surface area contributed by atoms with Gasteiger partial charge in [-0.15, -0.1) is 0 Å². The van der Waals surface area contributed by atoms with Gasteiger partial charge in [-0.2, -0.15) is 0 Å². The smallest absolute Gasteiger partial charge is 0.350 e. The molecule has 17 nitrogen and oxygen atoms in total. The number of fused-ring (bicyclic) bond motifs is 1. The van der Waals surface area contributed by atoms with Gasteiger partial charge in [0.15, 0.2) is 11.5 Å². The zero-order chi connectivity index (χ0) is 31.4. The lowest BCUT2D eigenvalue weighted by molar-refractivity contribution is -0.178. The Hall–Kier alpha value is -4.45. The number of nitrogens with one attached hydrogen (secondary N) is 2. The monoisotopic (exact) mass is 640 g/mol. The van der Waals surface area contributed by atoms with Crippen molar-refractivity contribution in [1.82, 2.24) is 25.6 Å². The Balaban J connectivity index is 1.38. The lowest BCUT2D eigenvalue weighted by Gasteiger charge is -2.42. The molecule has 5 amide bonds. The van der Waals surface area contributed by atoms with Gasteiger partial charge in [0, 0.05) is 12.8 Å². The second-order valence-corrected chi connectivity index (χ2v) is 12.1. The van der Waals surface area contributed by atoms with E-state index in [0.717, 1.165) is 38.7 Å². The van der Waals surface area contributed by atoms with E-state index in [1.807, 2.05) is 0 Å². The lowest BCUT2D eigenvalue weighted by atomic mass is 9.80. The summed E-state index contributed by atoms with van der Waals surface area (Å²) in [6, 6.07) is 0.271. The topological polar surface area (TPSA) is 239 Å². The number of benzene rings is 1. The number of halogens is 1. The second-order valence-electron chi connectivity index (χ2n) is 10.3. The summed E-state index contributed by atoms with van der Waals surface area (Å²) in [5, 5.41) is 44.8. The first-order valence-electron chi connectivity index (χ1n) is 12.8. The van der Waals surface area contributed by atoms with Crippen LogP contribution >= 0.6 is 23.4 Å². The number of phenolic OH excluding ortho intramolecular Hbond substituents is 2. The molecule has 3 saturated heterocycles. The van der Waals surface area contributed by atoms with Gasteiger partial charge in [-0.05, 0) is 25.5 Å². The van der Waals surface area contributed by atoms with Gasteiger partial charge in [-0.25, -0.2) is 19.4 Å². The second kappa shape index (κ2) is 10.7. The number of aromatic hydroxyl groups is 2. The number of hydrogen-bond donors (Lipinski definition) is 6. The van der Waals surface area contributed by atoms with Crippen molar-refractivity contribution in [3.63, 3.8) is 0 Å². The van der Waals surface area contributed by atoms with E-state index in [9.17, 15) is 49.2 Å². The van der Waals surface area contributed by atoms with E-state index in [2.05, 4.69) is 15.9 Å². The van der Waals surface area contributed by atoms with E-state index in [1.54, 1.807) is 0 Å². The fraction of sp³-hybridized carbons (Fsp3) is 0.458. The van der Waals surface area contributed by atoms with E-state index in [-0.39, 0.29) is 31.4 Å². The highest BCUT2D eigenvalue weighted by atomic mass is 35.5. The van der Waals surface area contributed by atoms with E-state index in [4.69, 9.17) is 16.4 Å². The predicted octanol–water partition coefficient (Wildman–Crippen LogP) is 0.0602. The van der Waals surface area contributed by atoms with Gasteiger partial charge < -0.3 is 35.5 Å². The van der Waals surface area contributed by atoms with Gasteiger partial charge in [-0.1, -0.05) is 28.5 Å². The standard InChI is InChI=1S/C24H25ClN6O11S/c1-10-9-29(28-18(36)11-3-4-12(32)17(35)16(11)25)22(41)31(10)24(21(39)40)19(30-14(34)7-15(30)43-24)27-13(33)8-26-42-23(20(37)38)5-2-6-23/h3-4,8,10,15,19,32,35H,2,5-7,9H2,1H3,(H,27,33)(H,28,36)(H,37,38)(H,39,40)/t10-,15?,19?,24?/m1/s1. The number of hydrogen-bond acceptors (Lipinski definition) is 11. The van der Waals surface area contributed by atoms with Crippen LogP contribution < -0.4 is 10.7 Å². The molecule has 43 heavy (non-hydrogen) atoms. The largest absolute Gasteiger partial charge is 0.504 e. The van der Waals surface area contributed by atoms with Crippen molar-refractivity contribution < 1.29 is 54.0 Å². The number of hydrazine groups is 1. The summed E-state index contributed by atoms with van der Waals surface area (Å²) in [5.74, 6) is -6.57. The first-order valence-corrected chi connectivity index (χ1v) is 14.1. The maximum Gasteiger partial charge on any atom is 0.350 e. The summed E-state index contributed by atoms with van der Waals surface area (Å²) in [7, 11) is 0. The molecule has 0 radical (unpaired) electrons. The molecular formula is C24H25ClN6O11S. The summed E-state index contributed by atoms with van der Waals surface area (Å²) >= 11 is 6.72. The molecule has 6 N–H and O–H groups in total. The van der Waals surface area contributed by atoms with E-state index in [0.29, 0.717) is 12.6 Å². The number of aliphatic carboxylic acids is 2.